The average Bonchev–Trinajstić information content (AvgIpc) is 2.79. The van der Waals surface area contributed by atoms with Crippen molar-refractivity contribution >= 4 is 0 Å². The summed E-state index contributed by atoms with van der Waals surface area (Å²) in [6.45, 7) is 1.13. The van der Waals surface area contributed by atoms with Crippen LogP contribution in [0, 0.1) is 0 Å². The zero-order valence-corrected chi connectivity index (χ0v) is 9.21. The highest BCUT2D eigenvalue weighted by Crippen LogP contribution is 2.17. The van der Waals surface area contributed by atoms with Gasteiger partial charge in [-0.25, -0.2) is 0 Å². The van der Waals surface area contributed by atoms with E-state index in [0.29, 0.717) is 0 Å². The molecular weight excluding hydrogens is 200 g/mol. The highest BCUT2D eigenvalue weighted by Gasteiger charge is 2.00. The lowest BCUT2D eigenvalue weighted by atomic mass is 10.1. The van der Waals surface area contributed by atoms with Gasteiger partial charge in [0, 0.05) is 24.9 Å². The summed E-state index contributed by atoms with van der Waals surface area (Å²) in [5.74, 6) is 0. The maximum atomic E-state index is 8.70. The number of aliphatic hydroxyl groups excluding tert-OH is 1. The number of rotatable bonds is 5. The summed E-state index contributed by atoms with van der Waals surface area (Å²) in [7, 11) is 0. The van der Waals surface area contributed by atoms with Crippen molar-refractivity contribution in [2.45, 2.75) is 19.4 Å². The van der Waals surface area contributed by atoms with Gasteiger partial charge in [-0.1, -0.05) is 30.3 Å². The Morgan fingerprint density at radius 3 is 2.62 bits per heavy atom. The molecule has 1 aromatic carbocycles. The van der Waals surface area contributed by atoms with Crippen molar-refractivity contribution in [3.05, 3.63) is 42.7 Å². The van der Waals surface area contributed by atoms with Crippen molar-refractivity contribution in [1.29, 1.82) is 0 Å². The second-order valence-corrected chi connectivity index (χ2v) is 3.79. The van der Waals surface area contributed by atoms with Gasteiger partial charge in [0.2, 0.25) is 0 Å². The number of hydrogen-bond acceptors (Lipinski definition) is 2. The quantitative estimate of drug-likeness (QED) is 0.779. The number of aryl methyl sites for hydroxylation is 1. The third-order valence-electron chi connectivity index (χ3n) is 2.54. The largest absolute Gasteiger partial charge is 0.396 e. The van der Waals surface area contributed by atoms with Crippen LogP contribution in [0.4, 0.5) is 0 Å². The summed E-state index contributed by atoms with van der Waals surface area (Å²) >= 11 is 0. The molecule has 0 aliphatic rings. The standard InChI is InChI=1S/C13H16N2O/c16-9-5-4-8-15-11-13(10-14-15)12-6-2-1-3-7-12/h1-3,6-7,10-11,16H,4-5,8-9H2. The van der Waals surface area contributed by atoms with E-state index in [9.17, 15) is 0 Å². The van der Waals surface area contributed by atoms with Crippen LogP contribution in [0.1, 0.15) is 12.8 Å². The molecule has 0 unspecified atom stereocenters. The van der Waals surface area contributed by atoms with E-state index in [2.05, 4.69) is 17.2 Å². The molecule has 2 rings (SSSR count). The molecule has 1 N–H and O–H groups in total. The van der Waals surface area contributed by atoms with Gasteiger partial charge in [0.05, 0.1) is 6.20 Å². The maximum Gasteiger partial charge on any atom is 0.0568 e. The first-order valence-electron chi connectivity index (χ1n) is 5.59. The minimum Gasteiger partial charge on any atom is -0.396 e. The van der Waals surface area contributed by atoms with Crippen molar-refractivity contribution in [3.8, 4) is 11.1 Å². The lowest BCUT2D eigenvalue weighted by molar-refractivity contribution is 0.280. The van der Waals surface area contributed by atoms with Crippen LogP contribution < -0.4 is 0 Å². The van der Waals surface area contributed by atoms with Gasteiger partial charge in [0.25, 0.3) is 0 Å². The normalized spacial score (nSPS) is 10.6. The van der Waals surface area contributed by atoms with Crippen LogP contribution in [-0.2, 0) is 6.54 Å². The Bertz CT molecular complexity index is 423. The van der Waals surface area contributed by atoms with Crippen LogP contribution in [0.2, 0.25) is 0 Å². The SMILES string of the molecule is OCCCCn1cc(-c2ccccc2)cn1. The smallest absolute Gasteiger partial charge is 0.0568 e. The summed E-state index contributed by atoms with van der Waals surface area (Å²) in [5.41, 5.74) is 2.33. The Morgan fingerprint density at radius 2 is 1.88 bits per heavy atom. The van der Waals surface area contributed by atoms with Crippen molar-refractivity contribution in [3.63, 3.8) is 0 Å². The second kappa shape index (κ2) is 5.47. The van der Waals surface area contributed by atoms with Crippen molar-refractivity contribution in [1.82, 2.24) is 9.78 Å². The Kier molecular flexibility index (Phi) is 3.72. The van der Waals surface area contributed by atoms with E-state index in [1.54, 1.807) is 0 Å². The first-order chi connectivity index (χ1) is 7.90. The molecule has 3 nitrogen and oxygen atoms in total. The predicted octanol–water partition coefficient (Wildman–Crippen LogP) is 2.32. The van der Waals surface area contributed by atoms with Gasteiger partial charge in [0.15, 0.2) is 0 Å². The molecular formula is C13H16N2O. The second-order valence-electron chi connectivity index (χ2n) is 3.79. The Morgan fingerprint density at radius 1 is 1.06 bits per heavy atom. The molecule has 0 aliphatic carbocycles. The third-order valence-corrected chi connectivity index (χ3v) is 2.54. The summed E-state index contributed by atoms with van der Waals surface area (Å²) in [4.78, 5) is 0. The molecule has 0 bridgehead atoms. The topological polar surface area (TPSA) is 38.0 Å². The number of benzene rings is 1. The molecule has 0 saturated carbocycles. The predicted molar refractivity (Wildman–Crippen MR) is 64.0 cm³/mol. The molecule has 0 saturated heterocycles. The van der Waals surface area contributed by atoms with Crippen LogP contribution in [0.5, 0.6) is 0 Å². The number of unbranched alkanes of at least 4 members (excludes halogenated alkanes) is 1. The third kappa shape index (κ3) is 2.70. The van der Waals surface area contributed by atoms with Gasteiger partial charge in [-0.2, -0.15) is 5.10 Å². The molecule has 1 aromatic heterocycles. The monoisotopic (exact) mass is 216 g/mol. The molecule has 1 heterocycles. The van der Waals surface area contributed by atoms with E-state index in [1.807, 2.05) is 35.3 Å². The Balaban J connectivity index is 2.02. The number of nitrogens with zero attached hydrogens (tertiary/aromatic N) is 2. The molecule has 0 amide bonds. The van der Waals surface area contributed by atoms with E-state index in [-0.39, 0.29) is 6.61 Å². The molecule has 0 spiro atoms. The number of hydrogen-bond donors (Lipinski definition) is 1. The Hall–Kier alpha value is -1.61. The highest BCUT2D eigenvalue weighted by molar-refractivity contribution is 5.61. The lowest BCUT2D eigenvalue weighted by Crippen LogP contribution is -1.98. The van der Waals surface area contributed by atoms with Gasteiger partial charge >= 0.3 is 0 Å². The molecule has 2 aromatic rings. The van der Waals surface area contributed by atoms with Gasteiger partial charge in [-0.05, 0) is 18.4 Å². The summed E-state index contributed by atoms with van der Waals surface area (Å²) in [6.07, 6.45) is 5.73. The number of aliphatic hydroxyl groups is 1. The van der Waals surface area contributed by atoms with E-state index in [4.69, 9.17) is 5.11 Å². The minimum absolute atomic E-state index is 0.257. The van der Waals surface area contributed by atoms with E-state index >= 15 is 0 Å². The fourth-order valence-electron chi connectivity index (χ4n) is 1.65. The van der Waals surface area contributed by atoms with Gasteiger partial charge in [-0.3, -0.25) is 4.68 Å². The van der Waals surface area contributed by atoms with Crippen molar-refractivity contribution in [2.24, 2.45) is 0 Å². The first kappa shape index (κ1) is 10.9. The molecule has 0 aliphatic heterocycles. The fourth-order valence-corrected chi connectivity index (χ4v) is 1.65. The van der Waals surface area contributed by atoms with Crippen LogP contribution in [-0.4, -0.2) is 21.5 Å². The maximum absolute atomic E-state index is 8.70. The van der Waals surface area contributed by atoms with Gasteiger partial charge < -0.3 is 5.11 Å². The lowest BCUT2D eigenvalue weighted by Gasteiger charge is -1.99. The highest BCUT2D eigenvalue weighted by atomic mass is 16.2. The molecule has 0 atom stereocenters. The van der Waals surface area contributed by atoms with Crippen molar-refractivity contribution < 1.29 is 5.11 Å². The molecule has 3 heteroatoms. The van der Waals surface area contributed by atoms with E-state index in [1.165, 1.54) is 5.56 Å². The fraction of sp³-hybridized carbons (Fsp3) is 0.308. The Labute approximate surface area is 95.3 Å². The van der Waals surface area contributed by atoms with Crippen LogP contribution >= 0.6 is 0 Å². The van der Waals surface area contributed by atoms with E-state index < -0.39 is 0 Å². The van der Waals surface area contributed by atoms with Crippen LogP contribution in [0.3, 0.4) is 0 Å². The summed E-state index contributed by atoms with van der Waals surface area (Å²) in [6, 6.07) is 10.2. The summed E-state index contributed by atoms with van der Waals surface area (Å²) in [5, 5.41) is 13.0. The number of aromatic nitrogens is 2. The zero-order valence-electron chi connectivity index (χ0n) is 9.21. The summed E-state index contributed by atoms with van der Waals surface area (Å²) < 4.78 is 1.93. The molecule has 0 fully saturated rings. The first-order valence-corrected chi connectivity index (χ1v) is 5.59. The van der Waals surface area contributed by atoms with Crippen LogP contribution in [0.25, 0.3) is 11.1 Å². The zero-order chi connectivity index (χ0) is 11.2. The molecule has 84 valence electrons. The minimum atomic E-state index is 0.257. The molecule has 16 heavy (non-hydrogen) atoms. The van der Waals surface area contributed by atoms with Gasteiger partial charge in [-0.15, -0.1) is 0 Å². The average molecular weight is 216 g/mol. The van der Waals surface area contributed by atoms with E-state index in [0.717, 1.165) is 24.9 Å². The van der Waals surface area contributed by atoms with Gasteiger partial charge in [0.1, 0.15) is 0 Å². The van der Waals surface area contributed by atoms with Crippen LogP contribution in [0.15, 0.2) is 42.7 Å². The molecule has 0 radical (unpaired) electrons. The van der Waals surface area contributed by atoms with Crippen molar-refractivity contribution in [2.75, 3.05) is 6.61 Å².